The van der Waals surface area contributed by atoms with E-state index in [1.165, 1.54) is 12.1 Å². The molecular weight excluding hydrogens is 447 g/mol. The summed E-state index contributed by atoms with van der Waals surface area (Å²) in [7, 11) is 0. The van der Waals surface area contributed by atoms with E-state index in [0.717, 1.165) is 22.5 Å². The maximum atomic E-state index is 13.1. The number of rotatable bonds is 6. The molecule has 0 aliphatic carbocycles. The van der Waals surface area contributed by atoms with Crippen LogP contribution in [0, 0.1) is 5.41 Å². The van der Waals surface area contributed by atoms with Gasteiger partial charge in [-0.25, -0.2) is 4.79 Å². The molecule has 9 heteroatoms. The summed E-state index contributed by atoms with van der Waals surface area (Å²) in [5.74, 6) is -0.642. The number of aromatic nitrogens is 3. The van der Waals surface area contributed by atoms with Gasteiger partial charge in [0, 0.05) is 11.0 Å². The first kappa shape index (κ1) is 25.3. The van der Waals surface area contributed by atoms with Gasteiger partial charge in [0.1, 0.15) is 29.1 Å². The Balaban J connectivity index is 2.06. The van der Waals surface area contributed by atoms with Crippen LogP contribution in [0.4, 0.5) is 13.2 Å². The third-order valence-electron chi connectivity index (χ3n) is 5.39. The van der Waals surface area contributed by atoms with Gasteiger partial charge in [-0.15, -0.1) is 15.0 Å². The largest absolute Gasteiger partial charge is 0.506 e. The van der Waals surface area contributed by atoms with Crippen LogP contribution in [0.2, 0.25) is 0 Å². The zero-order valence-corrected chi connectivity index (χ0v) is 19.8. The molecule has 2 aromatic carbocycles. The Hall–Kier alpha value is -3.36. The van der Waals surface area contributed by atoms with Crippen LogP contribution in [0.5, 0.6) is 5.75 Å². The number of esters is 1. The van der Waals surface area contributed by atoms with Gasteiger partial charge in [0.25, 0.3) is 0 Å². The van der Waals surface area contributed by atoms with E-state index in [0.29, 0.717) is 6.42 Å². The number of aromatic hydroxyl groups is 1. The molecule has 1 N–H and O–H groups in total. The highest BCUT2D eigenvalue weighted by Crippen LogP contribution is 2.39. The third-order valence-corrected chi connectivity index (χ3v) is 5.39. The molecule has 0 saturated heterocycles. The lowest BCUT2D eigenvalue weighted by atomic mass is 9.71. The zero-order valence-electron chi connectivity index (χ0n) is 19.8. The first-order chi connectivity index (χ1) is 15.6. The van der Waals surface area contributed by atoms with Crippen molar-refractivity contribution in [3.8, 4) is 11.4 Å². The maximum absolute atomic E-state index is 13.1. The van der Waals surface area contributed by atoms with Crippen LogP contribution >= 0.6 is 0 Å². The number of halogens is 3. The maximum Gasteiger partial charge on any atom is 0.416 e. The van der Waals surface area contributed by atoms with Crippen molar-refractivity contribution in [2.24, 2.45) is 5.41 Å². The molecule has 0 amide bonds. The van der Waals surface area contributed by atoms with E-state index in [9.17, 15) is 23.1 Å². The van der Waals surface area contributed by atoms with E-state index in [4.69, 9.17) is 4.74 Å². The molecule has 34 heavy (non-hydrogen) atoms. The molecule has 0 aliphatic rings. The van der Waals surface area contributed by atoms with Crippen molar-refractivity contribution in [3.63, 3.8) is 0 Å². The fourth-order valence-corrected chi connectivity index (χ4v) is 4.01. The van der Waals surface area contributed by atoms with E-state index >= 15 is 0 Å². The molecular formula is C25H28F3N3O3. The number of alkyl halides is 3. The highest BCUT2D eigenvalue weighted by atomic mass is 19.4. The number of phenolic OH excluding ortho intramolecular Hbond substituents is 1. The predicted octanol–water partition coefficient (Wildman–Crippen LogP) is 5.96. The van der Waals surface area contributed by atoms with Gasteiger partial charge in [-0.3, -0.25) is 0 Å². The van der Waals surface area contributed by atoms with E-state index in [1.807, 2.05) is 6.92 Å². The molecule has 0 bridgehead atoms. The van der Waals surface area contributed by atoms with Gasteiger partial charge < -0.3 is 9.84 Å². The van der Waals surface area contributed by atoms with E-state index in [1.54, 1.807) is 19.1 Å². The van der Waals surface area contributed by atoms with Crippen LogP contribution in [-0.2, 0) is 21.1 Å². The van der Waals surface area contributed by atoms with Crippen molar-refractivity contribution >= 4 is 17.0 Å². The minimum absolute atomic E-state index is 0.0486. The van der Waals surface area contributed by atoms with Gasteiger partial charge >= 0.3 is 12.1 Å². The average molecular weight is 476 g/mol. The summed E-state index contributed by atoms with van der Waals surface area (Å²) in [4.78, 5) is 13.2. The first-order valence-corrected chi connectivity index (χ1v) is 10.7. The predicted molar refractivity (Wildman–Crippen MR) is 123 cm³/mol. The number of hydrogen-bond donors (Lipinski definition) is 1. The number of carbonyl (C=O) groups excluding carboxylic acids is 1. The molecule has 1 unspecified atom stereocenters. The molecule has 1 atom stereocenters. The highest BCUT2D eigenvalue weighted by Gasteiger charge is 2.35. The molecule has 3 rings (SSSR count). The Bertz CT molecular complexity index is 1240. The molecule has 1 heterocycles. The fraction of sp³-hybridized carbons (Fsp3) is 0.400. The van der Waals surface area contributed by atoms with Crippen molar-refractivity contribution < 1.29 is 27.8 Å². The summed E-state index contributed by atoms with van der Waals surface area (Å²) in [5, 5.41) is 18.9. The van der Waals surface area contributed by atoms with Crippen molar-refractivity contribution in [3.05, 3.63) is 59.7 Å². The lowest BCUT2D eigenvalue weighted by molar-refractivity contribution is -0.141. The number of phenols is 1. The van der Waals surface area contributed by atoms with E-state index < -0.39 is 23.1 Å². The van der Waals surface area contributed by atoms with Crippen molar-refractivity contribution in [1.82, 2.24) is 15.0 Å². The van der Waals surface area contributed by atoms with Crippen LogP contribution < -0.4 is 0 Å². The number of benzene rings is 2. The van der Waals surface area contributed by atoms with Gasteiger partial charge in [-0.2, -0.15) is 13.2 Å². The Morgan fingerprint density at radius 3 is 2.24 bits per heavy atom. The SMILES string of the molecule is C=C(C)C(=O)OCC(C)(CC(C)(C)C)c1ccc(O)c(-n2nc3ccc(C(F)(F)F)cc3n2)c1. The zero-order chi connectivity index (χ0) is 25.5. The third kappa shape index (κ3) is 5.58. The molecule has 182 valence electrons. The molecule has 3 aromatic rings. The quantitative estimate of drug-likeness (QED) is 0.352. The van der Waals surface area contributed by atoms with Crippen molar-refractivity contribution in [2.45, 2.75) is 52.6 Å². The summed E-state index contributed by atoms with van der Waals surface area (Å²) >= 11 is 0. The number of ether oxygens (including phenoxy) is 1. The average Bonchev–Trinajstić information content (AvgIpc) is 3.13. The number of fused-ring (bicyclic) bond motifs is 1. The summed E-state index contributed by atoms with van der Waals surface area (Å²) in [6.45, 7) is 13.4. The summed E-state index contributed by atoms with van der Waals surface area (Å²) in [6, 6.07) is 7.96. The number of nitrogens with zero attached hydrogens (tertiary/aromatic N) is 3. The van der Waals surface area contributed by atoms with Crippen LogP contribution in [0.1, 0.15) is 52.2 Å². The molecule has 0 spiro atoms. The summed E-state index contributed by atoms with van der Waals surface area (Å²) in [6.07, 6.45) is -3.87. The second kappa shape index (κ2) is 8.77. The highest BCUT2D eigenvalue weighted by molar-refractivity contribution is 5.87. The van der Waals surface area contributed by atoms with Gasteiger partial charge in [0.15, 0.2) is 0 Å². The second-order valence-corrected chi connectivity index (χ2v) is 10.0. The van der Waals surface area contributed by atoms with E-state index in [2.05, 4.69) is 37.5 Å². The molecule has 0 radical (unpaired) electrons. The van der Waals surface area contributed by atoms with E-state index in [-0.39, 0.29) is 40.1 Å². The number of hydrogen-bond acceptors (Lipinski definition) is 5. The molecule has 1 aromatic heterocycles. The fourth-order valence-electron chi connectivity index (χ4n) is 4.01. The minimum atomic E-state index is -4.50. The van der Waals surface area contributed by atoms with Crippen LogP contribution in [0.3, 0.4) is 0 Å². The lowest BCUT2D eigenvalue weighted by Gasteiger charge is -2.36. The standard InChI is InChI=1S/C25H28F3N3O3/c1-15(2)22(33)34-14-24(6,13-23(3,4)5)16-8-10-21(32)20(12-16)31-29-18-9-7-17(25(26,27)28)11-19(18)30-31/h7-12,32H,1,13-14H2,2-6H3. The summed E-state index contributed by atoms with van der Waals surface area (Å²) in [5.41, 5.74) is -0.0530. The van der Waals surface area contributed by atoms with Crippen molar-refractivity contribution in [1.29, 1.82) is 0 Å². The summed E-state index contributed by atoms with van der Waals surface area (Å²) < 4.78 is 44.7. The van der Waals surface area contributed by atoms with Crippen LogP contribution in [0.25, 0.3) is 16.7 Å². The molecule has 6 nitrogen and oxygen atoms in total. The normalized spacial score (nSPS) is 14.1. The molecule has 0 saturated carbocycles. The van der Waals surface area contributed by atoms with Gasteiger partial charge in [0.2, 0.25) is 0 Å². The van der Waals surface area contributed by atoms with Gasteiger partial charge in [-0.1, -0.05) is 40.3 Å². The van der Waals surface area contributed by atoms with Crippen LogP contribution in [-0.4, -0.2) is 32.7 Å². The van der Waals surface area contributed by atoms with Crippen LogP contribution in [0.15, 0.2) is 48.6 Å². The molecule has 0 aliphatic heterocycles. The Morgan fingerprint density at radius 2 is 1.65 bits per heavy atom. The lowest BCUT2D eigenvalue weighted by Crippen LogP contribution is -2.34. The van der Waals surface area contributed by atoms with Gasteiger partial charge in [-0.05, 0) is 54.7 Å². The Morgan fingerprint density at radius 1 is 1.03 bits per heavy atom. The minimum Gasteiger partial charge on any atom is -0.506 e. The number of carbonyl (C=O) groups is 1. The topological polar surface area (TPSA) is 77.2 Å². The monoisotopic (exact) mass is 475 g/mol. The molecule has 0 fully saturated rings. The second-order valence-electron chi connectivity index (χ2n) is 10.0. The van der Waals surface area contributed by atoms with Crippen molar-refractivity contribution in [2.75, 3.05) is 6.61 Å². The Kier molecular flexibility index (Phi) is 6.52. The van der Waals surface area contributed by atoms with Gasteiger partial charge in [0.05, 0.1) is 5.56 Å². The smallest absolute Gasteiger partial charge is 0.416 e. The Labute approximate surface area is 196 Å². The first-order valence-electron chi connectivity index (χ1n) is 10.7.